The first-order chi connectivity index (χ1) is 9.10. The molecule has 6 nitrogen and oxygen atoms in total. The average Bonchev–Trinajstić information content (AvgIpc) is 2.81. The molecular weight excluding hydrogens is 242 g/mol. The van der Waals surface area contributed by atoms with Crippen LogP contribution >= 0.6 is 0 Å². The van der Waals surface area contributed by atoms with E-state index in [2.05, 4.69) is 20.8 Å². The standard InChI is InChI=1S/C13H23N5O/c1-11(2)15-12(19)8-13(6-4-3-5-7-13)9-18-10-14-16-17-18/h10-11H,3-9H2,1-2H3,(H,15,19). The summed E-state index contributed by atoms with van der Waals surface area (Å²) in [5.41, 5.74) is 0.0204. The second-order valence-electron chi connectivity index (χ2n) is 5.97. The van der Waals surface area contributed by atoms with Crippen LogP contribution in [-0.4, -0.2) is 32.2 Å². The molecular formula is C13H23N5O. The van der Waals surface area contributed by atoms with Gasteiger partial charge in [0, 0.05) is 12.5 Å². The summed E-state index contributed by atoms with van der Waals surface area (Å²) in [5.74, 6) is 0.143. The van der Waals surface area contributed by atoms with Crippen molar-refractivity contribution in [1.29, 1.82) is 0 Å². The number of aromatic nitrogens is 4. The van der Waals surface area contributed by atoms with Crippen LogP contribution in [0.2, 0.25) is 0 Å². The Morgan fingerprint density at radius 2 is 2.11 bits per heavy atom. The molecule has 1 amide bonds. The Labute approximate surface area is 113 Å². The van der Waals surface area contributed by atoms with Crippen LogP contribution < -0.4 is 5.32 Å². The van der Waals surface area contributed by atoms with E-state index in [1.165, 1.54) is 19.3 Å². The molecule has 1 fully saturated rings. The lowest BCUT2D eigenvalue weighted by molar-refractivity contribution is -0.124. The van der Waals surface area contributed by atoms with Crippen molar-refractivity contribution in [2.75, 3.05) is 0 Å². The lowest BCUT2D eigenvalue weighted by atomic mass is 9.71. The number of nitrogens with one attached hydrogen (secondary N) is 1. The molecule has 1 aliphatic carbocycles. The van der Waals surface area contributed by atoms with Crippen molar-refractivity contribution in [1.82, 2.24) is 25.5 Å². The van der Waals surface area contributed by atoms with E-state index < -0.39 is 0 Å². The van der Waals surface area contributed by atoms with Crippen LogP contribution in [0.3, 0.4) is 0 Å². The third kappa shape index (κ3) is 4.01. The van der Waals surface area contributed by atoms with Crippen LogP contribution in [0.1, 0.15) is 52.4 Å². The molecule has 2 rings (SSSR count). The molecule has 0 spiro atoms. The summed E-state index contributed by atoms with van der Waals surface area (Å²) in [5, 5.41) is 14.3. The zero-order chi connectivity index (χ0) is 13.7. The van der Waals surface area contributed by atoms with Crippen molar-refractivity contribution >= 4 is 5.91 Å². The number of carbonyl (C=O) groups excluding carboxylic acids is 1. The molecule has 1 N–H and O–H groups in total. The molecule has 0 saturated heterocycles. The molecule has 106 valence electrons. The lowest BCUT2D eigenvalue weighted by Gasteiger charge is -2.36. The molecule has 0 unspecified atom stereocenters. The van der Waals surface area contributed by atoms with E-state index in [0.29, 0.717) is 6.42 Å². The Morgan fingerprint density at radius 1 is 1.37 bits per heavy atom. The van der Waals surface area contributed by atoms with Crippen LogP contribution in [-0.2, 0) is 11.3 Å². The Morgan fingerprint density at radius 3 is 2.68 bits per heavy atom. The van der Waals surface area contributed by atoms with E-state index in [4.69, 9.17) is 0 Å². The van der Waals surface area contributed by atoms with Gasteiger partial charge in [-0.1, -0.05) is 19.3 Å². The van der Waals surface area contributed by atoms with Crippen LogP contribution in [0.15, 0.2) is 6.33 Å². The van der Waals surface area contributed by atoms with Crippen molar-refractivity contribution in [3.63, 3.8) is 0 Å². The average molecular weight is 265 g/mol. The predicted octanol–water partition coefficient (Wildman–Crippen LogP) is 1.54. The number of amides is 1. The summed E-state index contributed by atoms with van der Waals surface area (Å²) in [6.45, 7) is 4.73. The van der Waals surface area contributed by atoms with Gasteiger partial charge < -0.3 is 5.32 Å². The molecule has 19 heavy (non-hydrogen) atoms. The fourth-order valence-electron chi connectivity index (χ4n) is 3.00. The van der Waals surface area contributed by atoms with E-state index >= 15 is 0 Å². The number of carbonyl (C=O) groups is 1. The molecule has 0 atom stereocenters. The normalized spacial score (nSPS) is 18.5. The number of hydrogen-bond acceptors (Lipinski definition) is 4. The summed E-state index contributed by atoms with van der Waals surface area (Å²) >= 11 is 0. The Hall–Kier alpha value is -1.46. The van der Waals surface area contributed by atoms with E-state index in [0.717, 1.165) is 19.4 Å². The van der Waals surface area contributed by atoms with Gasteiger partial charge in [0.15, 0.2) is 0 Å². The van der Waals surface area contributed by atoms with Crippen LogP contribution in [0, 0.1) is 5.41 Å². The van der Waals surface area contributed by atoms with Gasteiger partial charge in [-0.15, -0.1) is 5.10 Å². The molecule has 0 bridgehead atoms. The summed E-state index contributed by atoms with van der Waals surface area (Å²) in [7, 11) is 0. The highest BCUT2D eigenvalue weighted by molar-refractivity contribution is 5.76. The van der Waals surface area contributed by atoms with Crippen molar-refractivity contribution in [3.8, 4) is 0 Å². The summed E-state index contributed by atoms with van der Waals surface area (Å²) in [6.07, 6.45) is 8.02. The maximum Gasteiger partial charge on any atom is 0.220 e. The highest BCUT2D eigenvalue weighted by Crippen LogP contribution is 2.40. The van der Waals surface area contributed by atoms with Gasteiger partial charge in [-0.05, 0) is 42.5 Å². The molecule has 1 aromatic heterocycles. The smallest absolute Gasteiger partial charge is 0.220 e. The third-order valence-electron chi connectivity index (χ3n) is 3.79. The molecule has 1 aromatic rings. The Kier molecular flexibility index (Phi) is 4.50. The van der Waals surface area contributed by atoms with Gasteiger partial charge in [-0.3, -0.25) is 4.79 Å². The molecule has 1 aliphatic rings. The summed E-state index contributed by atoms with van der Waals surface area (Å²) < 4.78 is 1.76. The van der Waals surface area contributed by atoms with Crippen LogP contribution in [0.25, 0.3) is 0 Å². The van der Waals surface area contributed by atoms with E-state index in [-0.39, 0.29) is 17.4 Å². The SMILES string of the molecule is CC(C)NC(=O)CC1(Cn2cnnn2)CCCCC1. The molecule has 0 radical (unpaired) electrons. The fraction of sp³-hybridized carbons (Fsp3) is 0.846. The quantitative estimate of drug-likeness (QED) is 0.876. The first-order valence-electron chi connectivity index (χ1n) is 7.10. The Bertz CT molecular complexity index is 395. The van der Waals surface area contributed by atoms with Crippen molar-refractivity contribution in [3.05, 3.63) is 6.33 Å². The number of hydrogen-bond donors (Lipinski definition) is 1. The molecule has 1 saturated carbocycles. The highest BCUT2D eigenvalue weighted by atomic mass is 16.1. The van der Waals surface area contributed by atoms with Crippen molar-refractivity contribution in [2.24, 2.45) is 5.41 Å². The maximum absolute atomic E-state index is 12.1. The minimum atomic E-state index is 0.0204. The van der Waals surface area contributed by atoms with Crippen molar-refractivity contribution < 1.29 is 4.79 Å². The van der Waals surface area contributed by atoms with E-state index in [9.17, 15) is 4.79 Å². The van der Waals surface area contributed by atoms with Gasteiger partial charge in [0.2, 0.25) is 5.91 Å². The zero-order valence-corrected chi connectivity index (χ0v) is 11.8. The van der Waals surface area contributed by atoms with E-state index in [1.807, 2.05) is 13.8 Å². The van der Waals surface area contributed by atoms with Gasteiger partial charge in [-0.2, -0.15) is 0 Å². The molecule has 0 aliphatic heterocycles. The highest BCUT2D eigenvalue weighted by Gasteiger charge is 2.35. The lowest BCUT2D eigenvalue weighted by Crippen LogP contribution is -2.38. The number of tetrazole rings is 1. The molecule has 0 aromatic carbocycles. The van der Waals surface area contributed by atoms with Gasteiger partial charge >= 0.3 is 0 Å². The van der Waals surface area contributed by atoms with E-state index in [1.54, 1.807) is 11.0 Å². The first kappa shape index (κ1) is 14.0. The predicted molar refractivity (Wildman–Crippen MR) is 71.2 cm³/mol. The topological polar surface area (TPSA) is 72.7 Å². The monoisotopic (exact) mass is 265 g/mol. The summed E-state index contributed by atoms with van der Waals surface area (Å²) in [6, 6.07) is 0.196. The van der Waals surface area contributed by atoms with Gasteiger partial charge in [-0.25, -0.2) is 4.68 Å². The zero-order valence-electron chi connectivity index (χ0n) is 11.8. The van der Waals surface area contributed by atoms with Crippen molar-refractivity contribution in [2.45, 2.75) is 65.0 Å². The van der Waals surface area contributed by atoms with Gasteiger partial charge in [0.05, 0.1) is 6.54 Å². The minimum Gasteiger partial charge on any atom is -0.354 e. The summed E-state index contributed by atoms with van der Waals surface area (Å²) in [4.78, 5) is 12.1. The fourth-order valence-corrected chi connectivity index (χ4v) is 3.00. The molecule has 1 heterocycles. The van der Waals surface area contributed by atoms with Crippen LogP contribution in [0.5, 0.6) is 0 Å². The second kappa shape index (κ2) is 6.12. The first-order valence-corrected chi connectivity index (χ1v) is 7.10. The van der Waals surface area contributed by atoms with Crippen LogP contribution in [0.4, 0.5) is 0 Å². The minimum absolute atomic E-state index is 0.0204. The van der Waals surface area contributed by atoms with Gasteiger partial charge in [0.1, 0.15) is 6.33 Å². The largest absolute Gasteiger partial charge is 0.354 e. The van der Waals surface area contributed by atoms with Gasteiger partial charge in [0.25, 0.3) is 0 Å². The molecule has 6 heteroatoms. The third-order valence-corrected chi connectivity index (χ3v) is 3.79. The number of rotatable bonds is 5. The Balaban J connectivity index is 2.03. The second-order valence-corrected chi connectivity index (χ2v) is 5.97. The maximum atomic E-state index is 12.1. The number of nitrogens with zero attached hydrogens (tertiary/aromatic N) is 4.